The molecule has 62 valence electrons. The highest BCUT2D eigenvalue weighted by Gasteiger charge is 2.30. The molecule has 0 unspecified atom stereocenters. The molecule has 0 aliphatic heterocycles. The Kier molecular flexibility index (Phi) is 2.12. The molecule has 1 heterocycles. The maximum atomic E-state index is 11.7. The van der Waals surface area contributed by atoms with E-state index in [-0.39, 0.29) is 16.8 Å². The van der Waals surface area contributed by atoms with Crippen molar-refractivity contribution in [2.24, 2.45) is 7.05 Å². The van der Waals surface area contributed by atoms with Crippen LogP contribution in [0.5, 0.6) is 0 Å². The van der Waals surface area contributed by atoms with E-state index < -0.39 is 5.51 Å². The van der Waals surface area contributed by atoms with Crippen LogP contribution in [-0.2, 0) is 7.05 Å². The normalized spacial score (nSPS) is 12.0. The molecule has 0 aliphatic rings. The molecule has 2 nitrogen and oxygen atoms in total. The zero-order valence-electron chi connectivity index (χ0n) is 5.59. The Bertz CT molecular complexity index is 242. The second-order valence-electron chi connectivity index (χ2n) is 1.84. The molecule has 0 spiro atoms. The van der Waals surface area contributed by atoms with E-state index >= 15 is 0 Å². The highest BCUT2D eigenvalue weighted by atomic mass is 32.2. The van der Waals surface area contributed by atoms with Crippen molar-refractivity contribution in [3.05, 3.63) is 12.3 Å². The molecular formula is C5H5F3N2S. The van der Waals surface area contributed by atoms with Gasteiger partial charge in [0.2, 0.25) is 0 Å². The second kappa shape index (κ2) is 2.77. The van der Waals surface area contributed by atoms with Gasteiger partial charge < -0.3 is 0 Å². The van der Waals surface area contributed by atoms with Crippen LogP contribution in [0.25, 0.3) is 0 Å². The average molecular weight is 182 g/mol. The minimum atomic E-state index is -4.23. The van der Waals surface area contributed by atoms with Crippen molar-refractivity contribution in [3.8, 4) is 0 Å². The van der Waals surface area contributed by atoms with Gasteiger partial charge in [0.15, 0.2) is 0 Å². The van der Waals surface area contributed by atoms with Crippen LogP contribution in [0.15, 0.2) is 17.3 Å². The predicted molar refractivity (Wildman–Crippen MR) is 35.1 cm³/mol. The van der Waals surface area contributed by atoms with Crippen molar-refractivity contribution >= 4 is 11.8 Å². The molecule has 1 aromatic heterocycles. The summed E-state index contributed by atoms with van der Waals surface area (Å²) in [6.45, 7) is 0. The van der Waals surface area contributed by atoms with Gasteiger partial charge in [0.25, 0.3) is 0 Å². The lowest BCUT2D eigenvalue weighted by atomic mass is 10.7. The Balaban J connectivity index is 2.72. The quantitative estimate of drug-likeness (QED) is 0.618. The number of halogens is 3. The van der Waals surface area contributed by atoms with Gasteiger partial charge in [-0.25, -0.2) is 0 Å². The third kappa shape index (κ3) is 2.45. The van der Waals surface area contributed by atoms with Gasteiger partial charge in [-0.3, -0.25) is 4.68 Å². The molecule has 0 N–H and O–H groups in total. The molecule has 0 aliphatic carbocycles. The van der Waals surface area contributed by atoms with Crippen LogP contribution in [0.3, 0.4) is 0 Å². The lowest BCUT2D eigenvalue weighted by Gasteiger charge is -2.04. The summed E-state index contributed by atoms with van der Waals surface area (Å²) in [5, 5.41) is 3.69. The highest BCUT2D eigenvalue weighted by Crippen LogP contribution is 2.35. The molecule has 0 saturated carbocycles. The Labute approximate surface area is 65.4 Å². The molecule has 11 heavy (non-hydrogen) atoms. The monoisotopic (exact) mass is 182 g/mol. The van der Waals surface area contributed by atoms with Crippen LogP contribution < -0.4 is 0 Å². The number of hydrogen-bond donors (Lipinski definition) is 0. The van der Waals surface area contributed by atoms with E-state index in [2.05, 4.69) is 5.10 Å². The third-order valence-corrected chi connectivity index (χ3v) is 1.84. The number of hydrogen-bond acceptors (Lipinski definition) is 2. The summed E-state index contributed by atoms with van der Waals surface area (Å²) >= 11 is -0.166. The molecule has 0 atom stereocenters. The van der Waals surface area contributed by atoms with Crippen molar-refractivity contribution in [2.45, 2.75) is 10.5 Å². The predicted octanol–water partition coefficient (Wildman–Crippen LogP) is 2.03. The van der Waals surface area contributed by atoms with E-state index in [9.17, 15) is 13.2 Å². The molecule has 0 saturated heterocycles. The lowest BCUT2D eigenvalue weighted by Crippen LogP contribution is -2.02. The van der Waals surface area contributed by atoms with Crippen LogP contribution in [0, 0.1) is 0 Å². The second-order valence-corrected chi connectivity index (χ2v) is 2.93. The number of aryl methyl sites for hydroxylation is 1. The van der Waals surface area contributed by atoms with Crippen LogP contribution >= 0.6 is 11.8 Å². The van der Waals surface area contributed by atoms with Gasteiger partial charge in [-0.2, -0.15) is 18.3 Å². The Morgan fingerprint density at radius 1 is 1.55 bits per heavy atom. The van der Waals surface area contributed by atoms with E-state index in [0.29, 0.717) is 0 Å². The van der Waals surface area contributed by atoms with Gasteiger partial charge in [-0.15, -0.1) is 0 Å². The first kappa shape index (κ1) is 8.45. The van der Waals surface area contributed by atoms with E-state index in [1.807, 2.05) is 0 Å². The number of rotatable bonds is 1. The van der Waals surface area contributed by atoms with E-state index in [1.165, 1.54) is 24.0 Å². The van der Waals surface area contributed by atoms with Gasteiger partial charge in [0, 0.05) is 18.8 Å². The average Bonchev–Trinajstić information content (AvgIpc) is 2.12. The molecule has 0 bridgehead atoms. The summed E-state index contributed by atoms with van der Waals surface area (Å²) in [6.07, 6.45) is 1.33. The summed E-state index contributed by atoms with van der Waals surface area (Å²) in [5.74, 6) is 0. The molecule has 1 rings (SSSR count). The fourth-order valence-corrected chi connectivity index (χ4v) is 1.13. The van der Waals surface area contributed by atoms with Crippen LogP contribution in [-0.4, -0.2) is 15.3 Å². The molecule has 0 radical (unpaired) electrons. The minimum absolute atomic E-state index is 0.0949. The largest absolute Gasteiger partial charge is 0.447 e. The summed E-state index contributed by atoms with van der Waals surface area (Å²) in [6, 6.07) is 1.32. The zero-order chi connectivity index (χ0) is 8.48. The van der Waals surface area contributed by atoms with Gasteiger partial charge in [0.05, 0.1) is 6.20 Å². The highest BCUT2D eigenvalue weighted by molar-refractivity contribution is 8.00. The molecule has 1 aromatic rings. The van der Waals surface area contributed by atoms with Crippen molar-refractivity contribution in [1.29, 1.82) is 0 Å². The van der Waals surface area contributed by atoms with Crippen molar-refractivity contribution in [3.63, 3.8) is 0 Å². The topological polar surface area (TPSA) is 17.8 Å². The fraction of sp³-hybridized carbons (Fsp3) is 0.400. The summed E-state index contributed by atoms with van der Waals surface area (Å²) in [5.41, 5.74) is -4.23. The number of alkyl halides is 3. The smallest absolute Gasteiger partial charge is 0.262 e. The number of aromatic nitrogens is 2. The maximum Gasteiger partial charge on any atom is 0.447 e. The zero-order valence-corrected chi connectivity index (χ0v) is 6.41. The summed E-state index contributed by atoms with van der Waals surface area (Å²) < 4.78 is 36.3. The standard InChI is InChI=1S/C5H5F3N2S/c1-10-4(2-3-9-10)11-5(6,7)8/h2-3H,1H3. The molecule has 6 heteroatoms. The van der Waals surface area contributed by atoms with E-state index in [1.54, 1.807) is 0 Å². The molecule has 0 fully saturated rings. The van der Waals surface area contributed by atoms with Crippen LogP contribution in [0.4, 0.5) is 13.2 Å². The van der Waals surface area contributed by atoms with Crippen LogP contribution in [0.2, 0.25) is 0 Å². The van der Waals surface area contributed by atoms with Gasteiger partial charge >= 0.3 is 5.51 Å². The molecule has 0 amide bonds. The Morgan fingerprint density at radius 3 is 2.55 bits per heavy atom. The first-order chi connectivity index (χ1) is 4.99. The minimum Gasteiger partial charge on any atom is -0.262 e. The maximum absolute atomic E-state index is 11.7. The van der Waals surface area contributed by atoms with Gasteiger partial charge in [-0.1, -0.05) is 0 Å². The molecular weight excluding hydrogens is 177 g/mol. The van der Waals surface area contributed by atoms with Gasteiger partial charge in [-0.05, 0) is 6.07 Å². The number of thioether (sulfide) groups is 1. The van der Waals surface area contributed by atoms with E-state index in [0.717, 1.165) is 0 Å². The third-order valence-electron chi connectivity index (χ3n) is 0.996. The summed E-state index contributed by atoms with van der Waals surface area (Å²) in [7, 11) is 1.47. The number of nitrogens with zero attached hydrogens (tertiary/aromatic N) is 2. The van der Waals surface area contributed by atoms with E-state index in [4.69, 9.17) is 0 Å². The SMILES string of the molecule is Cn1nccc1SC(F)(F)F. The Morgan fingerprint density at radius 2 is 2.18 bits per heavy atom. The van der Waals surface area contributed by atoms with Crippen LogP contribution in [0.1, 0.15) is 0 Å². The molecule has 0 aromatic carbocycles. The lowest BCUT2D eigenvalue weighted by molar-refractivity contribution is -0.0330. The van der Waals surface area contributed by atoms with Gasteiger partial charge in [0.1, 0.15) is 5.03 Å². The van der Waals surface area contributed by atoms with Crippen molar-refractivity contribution < 1.29 is 13.2 Å². The first-order valence-electron chi connectivity index (χ1n) is 2.73. The first-order valence-corrected chi connectivity index (χ1v) is 3.54. The van der Waals surface area contributed by atoms with Crippen molar-refractivity contribution in [1.82, 2.24) is 9.78 Å². The van der Waals surface area contributed by atoms with Crippen molar-refractivity contribution in [2.75, 3.05) is 0 Å². The fourth-order valence-electron chi connectivity index (χ4n) is 0.581. The summed E-state index contributed by atoms with van der Waals surface area (Å²) in [4.78, 5) is 0. The Hall–Kier alpha value is -0.650.